The van der Waals surface area contributed by atoms with Crippen molar-refractivity contribution < 1.29 is 8.78 Å². The molecule has 7 nitrogen and oxygen atoms in total. The van der Waals surface area contributed by atoms with Crippen LogP contribution in [-0.2, 0) is 6.54 Å². The summed E-state index contributed by atoms with van der Waals surface area (Å²) in [5.41, 5.74) is 2.79. The van der Waals surface area contributed by atoms with Crippen LogP contribution in [0.5, 0.6) is 0 Å². The van der Waals surface area contributed by atoms with E-state index in [0.29, 0.717) is 24.6 Å². The first-order valence-electron chi connectivity index (χ1n) is 10.7. The maximum absolute atomic E-state index is 13.5. The Bertz CT molecular complexity index is 864. The minimum Gasteiger partial charge on any atom is -0.367 e. The third-order valence-corrected chi connectivity index (χ3v) is 6.02. The molecule has 0 spiro atoms. The van der Waals surface area contributed by atoms with Gasteiger partial charge in [-0.3, -0.25) is 4.90 Å². The molecule has 2 aromatic rings. The first kappa shape index (κ1) is 21.1. The molecule has 0 unspecified atom stereocenters. The number of rotatable bonds is 5. The van der Waals surface area contributed by atoms with Crippen LogP contribution in [0.25, 0.3) is 5.95 Å². The van der Waals surface area contributed by atoms with Crippen molar-refractivity contribution in [2.24, 2.45) is 0 Å². The molecule has 1 N–H and O–H groups in total. The highest BCUT2D eigenvalue weighted by Crippen LogP contribution is 2.34. The molecule has 0 radical (unpaired) electrons. The Labute approximate surface area is 176 Å². The van der Waals surface area contributed by atoms with E-state index in [1.54, 1.807) is 4.68 Å². The van der Waals surface area contributed by atoms with Gasteiger partial charge in [-0.2, -0.15) is 10.1 Å². The van der Waals surface area contributed by atoms with Gasteiger partial charge >= 0.3 is 0 Å². The lowest BCUT2D eigenvalue weighted by Gasteiger charge is -2.32. The molecule has 2 aromatic heterocycles. The van der Waals surface area contributed by atoms with Crippen molar-refractivity contribution in [2.45, 2.75) is 58.0 Å². The van der Waals surface area contributed by atoms with Crippen molar-refractivity contribution in [1.29, 1.82) is 0 Å². The fraction of sp³-hybridized carbons (Fsp3) is 0.667. The Morgan fingerprint density at radius 1 is 1.07 bits per heavy atom. The van der Waals surface area contributed by atoms with Crippen LogP contribution in [0.2, 0.25) is 0 Å². The number of hydrogen-bond donors (Lipinski definition) is 1. The lowest BCUT2D eigenvalue weighted by Crippen LogP contribution is -2.44. The van der Waals surface area contributed by atoms with Crippen LogP contribution >= 0.6 is 0 Å². The summed E-state index contributed by atoms with van der Waals surface area (Å²) < 4.78 is 28.8. The molecule has 164 valence electrons. The number of hydrogen-bond acceptors (Lipinski definition) is 6. The summed E-state index contributed by atoms with van der Waals surface area (Å²) in [6.07, 6.45) is 0.739. The molecule has 1 saturated carbocycles. The Morgan fingerprint density at radius 3 is 2.40 bits per heavy atom. The van der Waals surface area contributed by atoms with Gasteiger partial charge in [-0.1, -0.05) is 0 Å². The van der Waals surface area contributed by atoms with Crippen LogP contribution < -0.4 is 5.32 Å². The van der Waals surface area contributed by atoms with E-state index in [1.807, 2.05) is 26.0 Å². The summed E-state index contributed by atoms with van der Waals surface area (Å²) in [6, 6.07) is 3.96. The second-order valence-corrected chi connectivity index (χ2v) is 8.74. The van der Waals surface area contributed by atoms with Gasteiger partial charge in [0, 0.05) is 63.4 Å². The zero-order valence-corrected chi connectivity index (χ0v) is 18.0. The highest BCUT2D eigenvalue weighted by molar-refractivity contribution is 5.40. The number of aromatic nitrogens is 4. The predicted octanol–water partition coefficient (Wildman–Crippen LogP) is 3.02. The van der Waals surface area contributed by atoms with E-state index in [-0.39, 0.29) is 18.9 Å². The molecule has 3 heterocycles. The van der Waals surface area contributed by atoms with Crippen LogP contribution in [0, 0.1) is 13.8 Å². The molecule has 2 aliphatic rings. The third-order valence-electron chi connectivity index (χ3n) is 6.02. The minimum atomic E-state index is -2.54. The fourth-order valence-electron chi connectivity index (χ4n) is 4.19. The lowest BCUT2D eigenvalue weighted by atomic mass is 9.92. The van der Waals surface area contributed by atoms with Crippen LogP contribution in [0.4, 0.5) is 14.6 Å². The number of alkyl halides is 2. The molecule has 1 saturated heterocycles. The molecule has 30 heavy (non-hydrogen) atoms. The summed E-state index contributed by atoms with van der Waals surface area (Å²) in [7, 11) is 2.14. The van der Waals surface area contributed by atoms with Crippen molar-refractivity contribution in [1.82, 2.24) is 29.5 Å². The normalized spacial score (nSPS) is 21.1. The zero-order valence-electron chi connectivity index (χ0n) is 18.0. The highest BCUT2D eigenvalue weighted by Gasteiger charge is 2.35. The summed E-state index contributed by atoms with van der Waals surface area (Å²) in [5, 5.41) is 7.92. The van der Waals surface area contributed by atoms with Crippen molar-refractivity contribution in [3.05, 3.63) is 29.2 Å². The predicted molar refractivity (Wildman–Crippen MR) is 112 cm³/mol. The Morgan fingerprint density at radius 2 is 1.77 bits per heavy atom. The van der Waals surface area contributed by atoms with Gasteiger partial charge in [0.25, 0.3) is 5.95 Å². The minimum absolute atomic E-state index is 0.00400. The molecule has 0 atom stereocenters. The van der Waals surface area contributed by atoms with E-state index < -0.39 is 5.92 Å². The molecule has 0 bridgehead atoms. The first-order valence-corrected chi connectivity index (χ1v) is 10.7. The molecule has 1 aliphatic heterocycles. The van der Waals surface area contributed by atoms with E-state index in [2.05, 4.69) is 32.2 Å². The molecular formula is C21H31F2N7. The van der Waals surface area contributed by atoms with E-state index in [9.17, 15) is 8.78 Å². The molecule has 1 aliphatic carbocycles. The van der Waals surface area contributed by atoms with Crippen molar-refractivity contribution in [3.63, 3.8) is 0 Å². The van der Waals surface area contributed by atoms with Gasteiger partial charge in [-0.25, -0.2) is 18.4 Å². The molecular weight excluding hydrogens is 388 g/mol. The summed E-state index contributed by atoms with van der Waals surface area (Å²) in [5.74, 6) is -1.33. The third kappa shape index (κ3) is 5.13. The molecule has 0 amide bonds. The Balaban J connectivity index is 1.56. The number of aryl methyl sites for hydroxylation is 2. The topological polar surface area (TPSA) is 62.1 Å². The zero-order chi connectivity index (χ0) is 21.3. The van der Waals surface area contributed by atoms with Gasteiger partial charge in [0.05, 0.1) is 11.4 Å². The van der Waals surface area contributed by atoms with Gasteiger partial charge in [-0.15, -0.1) is 0 Å². The lowest BCUT2D eigenvalue weighted by molar-refractivity contribution is -0.0361. The molecule has 0 aromatic carbocycles. The number of anilines is 1. The number of piperazine rings is 1. The van der Waals surface area contributed by atoms with Crippen molar-refractivity contribution in [3.8, 4) is 5.95 Å². The maximum Gasteiger partial charge on any atom is 0.253 e. The smallest absolute Gasteiger partial charge is 0.253 e. The monoisotopic (exact) mass is 419 g/mol. The highest BCUT2D eigenvalue weighted by atomic mass is 19.3. The molecule has 4 rings (SSSR count). The fourth-order valence-corrected chi connectivity index (χ4v) is 4.19. The summed E-state index contributed by atoms with van der Waals surface area (Å²) in [4.78, 5) is 14.2. The SMILES string of the molecule is Cc1cc(C)n(-c2nc(CN3CCN(C)CC3)cc(NC3CCC(F)(F)CC3)n2)n1. The largest absolute Gasteiger partial charge is 0.367 e. The van der Waals surface area contributed by atoms with Gasteiger partial charge in [0.15, 0.2) is 0 Å². The van der Waals surface area contributed by atoms with E-state index in [1.165, 1.54) is 0 Å². The van der Waals surface area contributed by atoms with E-state index in [0.717, 1.165) is 49.8 Å². The summed E-state index contributed by atoms with van der Waals surface area (Å²) in [6.45, 7) is 8.73. The van der Waals surface area contributed by atoms with Gasteiger partial charge in [-0.05, 0) is 39.8 Å². The van der Waals surface area contributed by atoms with Crippen LogP contribution in [0.3, 0.4) is 0 Å². The van der Waals surface area contributed by atoms with Gasteiger partial charge in [0.1, 0.15) is 5.82 Å². The number of nitrogens with one attached hydrogen (secondary N) is 1. The second-order valence-electron chi connectivity index (χ2n) is 8.74. The van der Waals surface area contributed by atoms with Gasteiger partial charge < -0.3 is 10.2 Å². The number of likely N-dealkylation sites (N-methyl/N-ethyl adjacent to an activating group) is 1. The maximum atomic E-state index is 13.5. The second kappa shape index (κ2) is 8.55. The standard InChI is InChI=1S/C21H31F2N7/c1-15-12-16(2)30(27-15)20-25-18(14-29-10-8-28(3)9-11-29)13-19(26-20)24-17-4-6-21(22,23)7-5-17/h12-13,17H,4-11,14H2,1-3H3,(H,24,25,26). The summed E-state index contributed by atoms with van der Waals surface area (Å²) >= 11 is 0. The van der Waals surface area contributed by atoms with Crippen molar-refractivity contribution >= 4 is 5.82 Å². The van der Waals surface area contributed by atoms with Crippen molar-refractivity contribution in [2.75, 3.05) is 38.5 Å². The first-order chi connectivity index (χ1) is 14.3. The quantitative estimate of drug-likeness (QED) is 0.804. The van der Waals surface area contributed by atoms with E-state index in [4.69, 9.17) is 4.98 Å². The van der Waals surface area contributed by atoms with Gasteiger partial charge in [0.2, 0.25) is 5.92 Å². The molecule has 9 heteroatoms. The average molecular weight is 420 g/mol. The number of nitrogens with zero attached hydrogens (tertiary/aromatic N) is 6. The molecule has 2 fully saturated rings. The van der Waals surface area contributed by atoms with Crippen LogP contribution in [0.15, 0.2) is 12.1 Å². The van der Waals surface area contributed by atoms with Crippen LogP contribution in [0.1, 0.15) is 42.8 Å². The number of halogens is 2. The van der Waals surface area contributed by atoms with E-state index >= 15 is 0 Å². The Hall–Kier alpha value is -2.13. The Kier molecular flexibility index (Phi) is 6.02. The average Bonchev–Trinajstić information content (AvgIpc) is 3.03. The van der Waals surface area contributed by atoms with Crippen LogP contribution in [-0.4, -0.2) is 74.7 Å².